The van der Waals surface area contributed by atoms with Crippen molar-refractivity contribution in [3.05, 3.63) is 46.2 Å². The highest BCUT2D eigenvalue weighted by atomic mass is 16.2. The van der Waals surface area contributed by atoms with Crippen molar-refractivity contribution < 1.29 is 9.59 Å². The van der Waals surface area contributed by atoms with E-state index in [2.05, 4.69) is 18.3 Å². The topological polar surface area (TPSA) is 52.7 Å². The highest BCUT2D eigenvalue weighted by Gasteiger charge is 2.45. The lowest BCUT2D eigenvalue weighted by molar-refractivity contribution is -0.128. The van der Waals surface area contributed by atoms with Gasteiger partial charge in [-0.3, -0.25) is 9.69 Å². The van der Waals surface area contributed by atoms with Gasteiger partial charge in [-0.05, 0) is 37.8 Å². The second-order valence-electron chi connectivity index (χ2n) is 7.89. The highest BCUT2D eigenvalue weighted by Crippen LogP contribution is 2.39. The van der Waals surface area contributed by atoms with Gasteiger partial charge in [-0.15, -0.1) is 0 Å². The lowest BCUT2D eigenvalue weighted by Gasteiger charge is -2.31. The standard InChI is InChI=1S/C21H27N3O2/c1-13-9-10-16(14(2)11-13)19-18-17(23(3)21(26)22-19)12-24(20(18)25)15-7-5-4-6-8-15/h9-11,15,19H,4-8,12H2,1-3H3,(H,22,26)/t19-/m0/s1. The second-order valence-corrected chi connectivity index (χ2v) is 7.89. The molecule has 2 heterocycles. The van der Waals surface area contributed by atoms with Crippen molar-refractivity contribution in [1.82, 2.24) is 15.1 Å². The predicted octanol–water partition coefficient (Wildman–Crippen LogP) is 3.43. The van der Waals surface area contributed by atoms with Gasteiger partial charge in [0.25, 0.3) is 5.91 Å². The van der Waals surface area contributed by atoms with Crippen molar-refractivity contribution >= 4 is 11.9 Å². The van der Waals surface area contributed by atoms with Crippen LogP contribution in [0.1, 0.15) is 54.8 Å². The molecule has 1 saturated carbocycles. The molecule has 1 N–H and O–H groups in total. The number of likely N-dealkylation sites (N-methyl/N-ethyl adjacent to an activating group) is 1. The Kier molecular flexibility index (Phi) is 4.25. The van der Waals surface area contributed by atoms with Crippen LogP contribution in [0.2, 0.25) is 0 Å². The van der Waals surface area contributed by atoms with Gasteiger partial charge < -0.3 is 10.2 Å². The molecule has 3 aliphatic rings. The summed E-state index contributed by atoms with van der Waals surface area (Å²) >= 11 is 0. The summed E-state index contributed by atoms with van der Waals surface area (Å²) < 4.78 is 0. The van der Waals surface area contributed by atoms with E-state index in [1.165, 1.54) is 24.8 Å². The molecular formula is C21H27N3O2. The van der Waals surface area contributed by atoms with Crippen molar-refractivity contribution in [2.45, 2.75) is 58.0 Å². The molecule has 5 heteroatoms. The van der Waals surface area contributed by atoms with Gasteiger partial charge in [0.15, 0.2) is 0 Å². The first-order valence-electron chi connectivity index (χ1n) is 9.62. The molecule has 0 radical (unpaired) electrons. The third-order valence-corrected chi connectivity index (χ3v) is 6.14. The van der Waals surface area contributed by atoms with Crippen LogP contribution in [0.15, 0.2) is 29.5 Å². The molecular weight excluding hydrogens is 326 g/mol. The van der Waals surface area contributed by atoms with E-state index in [-0.39, 0.29) is 18.0 Å². The molecule has 1 fully saturated rings. The molecule has 0 unspecified atom stereocenters. The second kappa shape index (κ2) is 6.45. The molecule has 1 aromatic rings. The smallest absolute Gasteiger partial charge is 0.322 e. The number of hydrogen-bond donors (Lipinski definition) is 1. The van der Waals surface area contributed by atoms with Gasteiger partial charge in [0, 0.05) is 13.1 Å². The Bertz CT molecular complexity index is 792. The fourth-order valence-corrected chi connectivity index (χ4v) is 4.66. The van der Waals surface area contributed by atoms with Crippen molar-refractivity contribution in [1.29, 1.82) is 0 Å². The monoisotopic (exact) mass is 353 g/mol. The Morgan fingerprint density at radius 3 is 2.50 bits per heavy atom. The van der Waals surface area contributed by atoms with Crippen LogP contribution in [0.4, 0.5) is 4.79 Å². The molecule has 3 amide bonds. The summed E-state index contributed by atoms with van der Waals surface area (Å²) in [6.07, 6.45) is 5.79. The number of rotatable bonds is 2. The van der Waals surface area contributed by atoms with Crippen LogP contribution >= 0.6 is 0 Å². The molecule has 0 spiro atoms. The van der Waals surface area contributed by atoms with Gasteiger partial charge in [0.1, 0.15) is 0 Å². The largest absolute Gasteiger partial charge is 0.330 e. The Balaban J connectivity index is 1.72. The van der Waals surface area contributed by atoms with E-state index in [1.807, 2.05) is 24.0 Å². The van der Waals surface area contributed by atoms with Crippen LogP contribution < -0.4 is 5.32 Å². The Morgan fingerprint density at radius 1 is 1.08 bits per heavy atom. The summed E-state index contributed by atoms with van der Waals surface area (Å²) in [6.45, 7) is 4.66. The molecule has 138 valence electrons. The predicted molar refractivity (Wildman–Crippen MR) is 101 cm³/mol. The van der Waals surface area contributed by atoms with Crippen LogP contribution in [0, 0.1) is 13.8 Å². The number of benzene rings is 1. The SMILES string of the molecule is Cc1ccc([C@@H]2NC(=O)N(C)C3=C2C(=O)N(C2CCCCC2)C3)c(C)c1. The van der Waals surface area contributed by atoms with Crippen molar-refractivity contribution in [3.63, 3.8) is 0 Å². The maximum atomic E-state index is 13.3. The van der Waals surface area contributed by atoms with E-state index in [4.69, 9.17) is 0 Å². The molecule has 0 saturated heterocycles. The number of aryl methyl sites for hydroxylation is 2. The normalized spacial score (nSPS) is 24.2. The maximum Gasteiger partial charge on any atom is 0.322 e. The molecule has 1 aliphatic carbocycles. The summed E-state index contributed by atoms with van der Waals surface area (Å²) in [5, 5.41) is 3.05. The first-order valence-corrected chi connectivity index (χ1v) is 9.62. The minimum atomic E-state index is -0.351. The summed E-state index contributed by atoms with van der Waals surface area (Å²) in [7, 11) is 1.76. The van der Waals surface area contributed by atoms with E-state index in [1.54, 1.807) is 11.9 Å². The van der Waals surface area contributed by atoms with Crippen molar-refractivity contribution in [2.24, 2.45) is 0 Å². The third-order valence-electron chi connectivity index (χ3n) is 6.14. The molecule has 4 rings (SSSR count). The Morgan fingerprint density at radius 2 is 1.81 bits per heavy atom. The van der Waals surface area contributed by atoms with Gasteiger partial charge in [-0.25, -0.2) is 4.79 Å². The quantitative estimate of drug-likeness (QED) is 0.886. The molecule has 26 heavy (non-hydrogen) atoms. The fraction of sp³-hybridized carbons (Fsp3) is 0.524. The number of nitrogens with one attached hydrogen (secondary N) is 1. The van der Waals surface area contributed by atoms with Gasteiger partial charge in [0.05, 0.1) is 23.9 Å². The minimum Gasteiger partial charge on any atom is -0.330 e. The molecule has 1 atom stereocenters. The lowest BCUT2D eigenvalue weighted by atomic mass is 9.91. The summed E-state index contributed by atoms with van der Waals surface area (Å²) in [6, 6.07) is 6.03. The molecule has 1 aromatic carbocycles. The zero-order valence-electron chi connectivity index (χ0n) is 15.8. The molecule has 5 nitrogen and oxygen atoms in total. The number of nitrogens with zero attached hydrogens (tertiary/aromatic N) is 2. The molecule has 2 aliphatic heterocycles. The van der Waals surface area contributed by atoms with Crippen LogP contribution in [0.5, 0.6) is 0 Å². The first-order chi connectivity index (χ1) is 12.5. The van der Waals surface area contributed by atoms with E-state index >= 15 is 0 Å². The third kappa shape index (κ3) is 2.70. The number of urea groups is 1. The zero-order chi connectivity index (χ0) is 18.4. The number of amides is 3. The highest BCUT2D eigenvalue weighted by molar-refractivity contribution is 6.01. The van der Waals surface area contributed by atoms with Gasteiger partial charge >= 0.3 is 6.03 Å². The summed E-state index contributed by atoms with van der Waals surface area (Å²) in [5.41, 5.74) is 4.93. The molecule has 0 aromatic heterocycles. The van der Waals surface area contributed by atoms with Gasteiger partial charge in [-0.2, -0.15) is 0 Å². The van der Waals surface area contributed by atoms with Crippen molar-refractivity contribution in [2.75, 3.05) is 13.6 Å². The van der Waals surface area contributed by atoms with Crippen LogP contribution in [-0.4, -0.2) is 41.4 Å². The maximum absolute atomic E-state index is 13.3. The number of hydrogen-bond acceptors (Lipinski definition) is 2. The van der Waals surface area contributed by atoms with E-state index < -0.39 is 0 Å². The average molecular weight is 353 g/mol. The average Bonchev–Trinajstić information content (AvgIpc) is 2.97. The first kappa shape index (κ1) is 17.1. The van der Waals surface area contributed by atoms with Gasteiger partial charge in [-0.1, -0.05) is 43.0 Å². The number of carbonyl (C=O) groups excluding carboxylic acids is 2. The van der Waals surface area contributed by atoms with Crippen LogP contribution in [0.3, 0.4) is 0 Å². The Hall–Kier alpha value is -2.30. The number of carbonyl (C=O) groups is 2. The summed E-state index contributed by atoms with van der Waals surface area (Å²) in [4.78, 5) is 29.5. The fourth-order valence-electron chi connectivity index (χ4n) is 4.66. The zero-order valence-corrected chi connectivity index (χ0v) is 15.8. The van der Waals surface area contributed by atoms with E-state index in [0.717, 1.165) is 35.2 Å². The Labute approximate surface area is 155 Å². The van der Waals surface area contributed by atoms with Crippen LogP contribution in [0.25, 0.3) is 0 Å². The van der Waals surface area contributed by atoms with Crippen LogP contribution in [-0.2, 0) is 4.79 Å². The minimum absolute atomic E-state index is 0.101. The van der Waals surface area contributed by atoms with E-state index in [0.29, 0.717) is 12.6 Å². The lowest BCUT2D eigenvalue weighted by Crippen LogP contribution is -2.45. The van der Waals surface area contributed by atoms with Gasteiger partial charge in [0.2, 0.25) is 0 Å². The van der Waals surface area contributed by atoms with E-state index in [9.17, 15) is 9.59 Å². The van der Waals surface area contributed by atoms with Crippen molar-refractivity contribution in [3.8, 4) is 0 Å². The summed E-state index contributed by atoms with van der Waals surface area (Å²) in [5.74, 6) is 0.101. The molecule has 0 bridgehead atoms.